The fourth-order valence-corrected chi connectivity index (χ4v) is 2.71. The Balaban J connectivity index is 1.93. The molecule has 20 heavy (non-hydrogen) atoms. The number of hydrogen-bond donors (Lipinski definition) is 1. The van der Waals surface area contributed by atoms with Gasteiger partial charge in [0.15, 0.2) is 0 Å². The lowest BCUT2D eigenvalue weighted by Gasteiger charge is -2.23. The van der Waals surface area contributed by atoms with Crippen LogP contribution in [0.4, 0.5) is 13.2 Å². The Labute approximate surface area is 122 Å². The fourth-order valence-electron chi connectivity index (χ4n) is 2.10. The van der Waals surface area contributed by atoms with Gasteiger partial charge in [-0.05, 0) is 19.4 Å². The van der Waals surface area contributed by atoms with E-state index in [9.17, 15) is 18.0 Å². The summed E-state index contributed by atoms with van der Waals surface area (Å²) in [5, 5.41) is 5.76. The summed E-state index contributed by atoms with van der Waals surface area (Å²) in [4.78, 5) is 13.6. The number of rotatable bonds is 4. The van der Waals surface area contributed by atoms with E-state index in [0.717, 1.165) is 18.0 Å². The summed E-state index contributed by atoms with van der Waals surface area (Å²) >= 11 is 6.92. The largest absolute Gasteiger partial charge is 0.405 e. The van der Waals surface area contributed by atoms with Crippen molar-refractivity contribution >= 4 is 29.0 Å². The molecule has 2 rings (SSSR count). The Morgan fingerprint density at radius 1 is 1.55 bits per heavy atom. The highest BCUT2D eigenvalue weighted by Gasteiger charge is 2.34. The Bertz CT molecular complexity index is 481. The van der Waals surface area contributed by atoms with Crippen molar-refractivity contribution in [1.82, 2.24) is 19.8 Å². The van der Waals surface area contributed by atoms with E-state index in [4.69, 9.17) is 11.6 Å². The molecule has 112 valence electrons. The zero-order valence-corrected chi connectivity index (χ0v) is 11.9. The molecule has 1 unspecified atom stereocenters. The maximum Gasteiger partial charge on any atom is 0.405 e. The zero-order chi connectivity index (χ0) is 14.8. The van der Waals surface area contributed by atoms with Crippen LogP contribution in [0.1, 0.15) is 18.5 Å². The molecular formula is C10H12ClF3N4OS. The number of alkyl halides is 3. The quantitative estimate of drug-likeness (QED) is 0.916. The molecule has 0 radical (unpaired) electrons. The summed E-state index contributed by atoms with van der Waals surface area (Å²) in [6, 6.07) is -0.574. The standard InChI is InChI=1S/C10H12ClF3N4OS/c11-8-6(16-17-20-8)4-18-3-1-2-7(18)9(19)15-5-10(12,13)14/h7H,1-5H2,(H,15,19). The Morgan fingerprint density at radius 2 is 2.30 bits per heavy atom. The van der Waals surface area contributed by atoms with Crippen molar-refractivity contribution in [3.63, 3.8) is 0 Å². The average Bonchev–Trinajstić information content (AvgIpc) is 2.96. The molecule has 0 bridgehead atoms. The van der Waals surface area contributed by atoms with Crippen LogP contribution < -0.4 is 5.32 Å². The van der Waals surface area contributed by atoms with Crippen molar-refractivity contribution in [2.24, 2.45) is 0 Å². The van der Waals surface area contributed by atoms with E-state index in [0.29, 0.717) is 29.5 Å². The molecule has 1 saturated heterocycles. The fraction of sp³-hybridized carbons (Fsp3) is 0.700. The van der Waals surface area contributed by atoms with Gasteiger partial charge in [0.05, 0.1) is 6.04 Å². The van der Waals surface area contributed by atoms with Gasteiger partial charge < -0.3 is 5.32 Å². The van der Waals surface area contributed by atoms with Crippen LogP contribution in [0.3, 0.4) is 0 Å². The van der Waals surface area contributed by atoms with Crippen molar-refractivity contribution in [1.29, 1.82) is 0 Å². The molecule has 0 aromatic carbocycles. The number of halogens is 4. The van der Waals surface area contributed by atoms with Crippen molar-refractivity contribution in [3.05, 3.63) is 10.0 Å². The van der Waals surface area contributed by atoms with Crippen LogP contribution in [-0.2, 0) is 11.3 Å². The van der Waals surface area contributed by atoms with Crippen LogP contribution in [0, 0.1) is 0 Å². The van der Waals surface area contributed by atoms with Gasteiger partial charge in [0.2, 0.25) is 5.91 Å². The van der Waals surface area contributed by atoms with Gasteiger partial charge in [0.25, 0.3) is 0 Å². The van der Waals surface area contributed by atoms with Crippen molar-refractivity contribution in [3.8, 4) is 0 Å². The molecular weight excluding hydrogens is 317 g/mol. The topological polar surface area (TPSA) is 58.1 Å². The maximum atomic E-state index is 12.1. The van der Waals surface area contributed by atoms with E-state index in [-0.39, 0.29) is 0 Å². The van der Waals surface area contributed by atoms with Gasteiger partial charge >= 0.3 is 6.18 Å². The number of carbonyl (C=O) groups excluding carboxylic acids is 1. The van der Waals surface area contributed by atoms with Gasteiger partial charge in [0, 0.05) is 18.1 Å². The first kappa shape index (κ1) is 15.5. The summed E-state index contributed by atoms with van der Waals surface area (Å²) in [5.74, 6) is -0.612. The molecule has 1 aromatic rings. The summed E-state index contributed by atoms with van der Waals surface area (Å²) in [6.45, 7) is -0.368. The van der Waals surface area contributed by atoms with E-state index in [2.05, 4.69) is 9.59 Å². The molecule has 1 aromatic heterocycles. The van der Waals surface area contributed by atoms with Crippen LogP contribution in [-0.4, -0.2) is 45.7 Å². The van der Waals surface area contributed by atoms with Crippen molar-refractivity contribution in [2.75, 3.05) is 13.1 Å². The summed E-state index contributed by atoms with van der Waals surface area (Å²) in [7, 11) is 0. The number of nitrogens with one attached hydrogen (secondary N) is 1. The van der Waals surface area contributed by atoms with Crippen LogP contribution in [0.15, 0.2) is 0 Å². The third-order valence-electron chi connectivity index (χ3n) is 2.99. The Hall–Kier alpha value is -0.930. The summed E-state index contributed by atoms with van der Waals surface area (Å²) < 4.78 is 40.4. The minimum atomic E-state index is -4.40. The predicted molar refractivity (Wildman–Crippen MR) is 67.4 cm³/mol. The monoisotopic (exact) mass is 328 g/mol. The highest BCUT2D eigenvalue weighted by atomic mass is 35.5. The molecule has 2 heterocycles. The van der Waals surface area contributed by atoms with Crippen LogP contribution >= 0.6 is 23.1 Å². The van der Waals surface area contributed by atoms with Crippen LogP contribution in [0.25, 0.3) is 0 Å². The first-order valence-electron chi connectivity index (χ1n) is 5.92. The van der Waals surface area contributed by atoms with Crippen LogP contribution in [0.2, 0.25) is 4.34 Å². The smallest absolute Gasteiger partial charge is 0.346 e. The number of carbonyl (C=O) groups is 1. The summed E-state index contributed by atoms with van der Waals surface area (Å²) in [6.07, 6.45) is -3.13. The highest BCUT2D eigenvalue weighted by Crippen LogP contribution is 2.24. The van der Waals surface area contributed by atoms with Gasteiger partial charge in [-0.1, -0.05) is 16.1 Å². The molecule has 1 atom stereocenters. The number of likely N-dealkylation sites (tertiary alicyclic amines) is 1. The van der Waals surface area contributed by atoms with E-state index in [1.54, 1.807) is 4.90 Å². The lowest BCUT2D eigenvalue weighted by Crippen LogP contribution is -2.45. The Kier molecular flexibility index (Phi) is 4.82. The van der Waals surface area contributed by atoms with E-state index in [1.165, 1.54) is 0 Å². The van der Waals surface area contributed by atoms with Crippen LogP contribution in [0.5, 0.6) is 0 Å². The Morgan fingerprint density at radius 3 is 2.90 bits per heavy atom. The first-order chi connectivity index (χ1) is 9.37. The highest BCUT2D eigenvalue weighted by molar-refractivity contribution is 7.10. The lowest BCUT2D eigenvalue weighted by atomic mass is 10.2. The lowest BCUT2D eigenvalue weighted by molar-refractivity contribution is -0.141. The van der Waals surface area contributed by atoms with Gasteiger partial charge in [-0.2, -0.15) is 13.2 Å². The zero-order valence-electron chi connectivity index (χ0n) is 10.3. The molecule has 1 aliphatic rings. The second-order valence-electron chi connectivity index (χ2n) is 4.45. The molecule has 1 N–H and O–H groups in total. The molecule has 1 aliphatic heterocycles. The molecule has 1 amide bonds. The third-order valence-corrected chi connectivity index (χ3v) is 3.98. The van der Waals surface area contributed by atoms with E-state index in [1.807, 2.05) is 5.32 Å². The van der Waals surface area contributed by atoms with Gasteiger partial charge in [-0.3, -0.25) is 9.69 Å². The molecule has 0 aliphatic carbocycles. The normalized spacial score (nSPS) is 20.3. The van der Waals surface area contributed by atoms with Gasteiger partial charge in [0.1, 0.15) is 16.6 Å². The second-order valence-corrected chi connectivity index (χ2v) is 5.81. The number of amides is 1. The SMILES string of the molecule is O=C(NCC(F)(F)F)C1CCCN1Cc1nnsc1Cl. The summed E-state index contributed by atoms with van der Waals surface area (Å²) in [5.41, 5.74) is 0.548. The first-order valence-corrected chi connectivity index (χ1v) is 7.07. The molecule has 10 heteroatoms. The van der Waals surface area contributed by atoms with Crippen molar-refractivity contribution in [2.45, 2.75) is 31.6 Å². The third kappa shape index (κ3) is 4.03. The van der Waals surface area contributed by atoms with Gasteiger partial charge in [-0.25, -0.2) is 0 Å². The maximum absolute atomic E-state index is 12.1. The van der Waals surface area contributed by atoms with E-state index >= 15 is 0 Å². The predicted octanol–water partition coefficient (Wildman–Crippen LogP) is 1.83. The average molecular weight is 329 g/mol. The molecule has 1 fully saturated rings. The second kappa shape index (κ2) is 6.23. The number of hydrogen-bond acceptors (Lipinski definition) is 5. The minimum absolute atomic E-state index is 0.319. The van der Waals surface area contributed by atoms with Crippen molar-refractivity contribution < 1.29 is 18.0 Å². The molecule has 0 saturated carbocycles. The van der Waals surface area contributed by atoms with E-state index < -0.39 is 24.7 Å². The van der Waals surface area contributed by atoms with Gasteiger partial charge in [-0.15, -0.1) is 5.10 Å². The minimum Gasteiger partial charge on any atom is -0.346 e. The number of aromatic nitrogens is 2. The number of nitrogens with zero attached hydrogens (tertiary/aromatic N) is 3. The molecule has 5 nitrogen and oxygen atoms in total. The molecule has 0 spiro atoms.